The summed E-state index contributed by atoms with van der Waals surface area (Å²) in [5.74, 6) is -0.502. The van der Waals surface area contributed by atoms with Gasteiger partial charge in [-0.2, -0.15) is 0 Å². The van der Waals surface area contributed by atoms with Crippen LogP contribution in [-0.2, 0) is 9.59 Å². The SMILES string of the molecule is CC(=O)c1ccc(OC[C@H](O)CN2C(=O)[C@H]3CC=CC[C@@H]3C2=O)cc1. The maximum atomic E-state index is 12.3. The molecule has 3 atom stereocenters. The number of amides is 2. The van der Waals surface area contributed by atoms with Crippen molar-refractivity contribution in [1.29, 1.82) is 0 Å². The van der Waals surface area contributed by atoms with E-state index in [2.05, 4.69) is 0 Å². The first kappa shape index (κ1) is 17.4. The Bertz CT molecular complexity index is 683. The van der Waals surface area contributed by atoms with Crippen molar-refractivity contribution < 1.29 is 24.2 Å². The number of likely N-dealkylation sites (tertiary alicyclic amines) is 1. The van der Waals surface area contributed by atoms with E-state index in [0.29, 0.717) is 24.2 Å². The second-order valence-corrected chi connectivity index (χ2v) is 6.49. The number of carbonyl (C=O) groups excluding carboxylic acids is 3. The predicted molar refractivity (Wildman–Crippen MR) is 90.0 cm³/mol. The summed E-state index contributed by atoms with van der Waals surface area (Å²) in [5, 5.41) is 10.1. The summed E-state index contributed by atoms with van der Waals surface area (Å²) in [5.41, 5.74) is 0.581. The third-order valence-electron chi connectivity index (χ3n) is 4.70. The van der Waals surface area contributed by atoms with Crippen LogP contribution >= 0.6 is 0 Å². The molecule has 6 heteroatoms. The van der Waals surface area contributed by atoms with Crippen molar-refractivity contribution in [2.24, 2.45) is 11.8 Å². The quantitative estimate of drug-likeness (QED) is 0.482. The van der Waals surface area contributed by atoms with Gasteiger partial charge in [-0.05, 0) is 44.0 Å². The van der Waals surface area contributed by atoms with Crippen molar-refractivity contribution in [3.63, 3.8) is 0 Å². The molecule has 0 unspecified atom stereocenters. The summed E-state index contributed by atoms with van der Waals surface area (Å²) < 4.78 is 5.48. The lowest BCUT2D eigenvalue weighted by atomic mass is 9.85. The molecule has 0 radical (unpaired) electrons. The summed E-state index contributed by atoms with van der Waals surface area (Å²) in [6, 6.07) is 6.59. The van der Waals surface area contributed by atoms with Gasteiger partial charge < -0.3 is 9.84 Å². The molecule has 1 aliphatic carbocycles. The molecule has 1 heterocycles. The number of aliphatic hydroxyl groups is 1. The summed E-state index contributed by atoms with van der Waals surface area (Å²) in [7, 11) is 0. The molecule has 25 heavy (non-hydrogen) atoms. The van der Waals surface area contributed by atoms with Crippen molar-refractivity contribution >= 4 is 17.6 Å². The molecule has 1 aromatic rings. The summed E-state index contributed by atoms with van der Waals surface area (Å²) >= 11 is 0. The van der Waals surface area contributed by atoms with Crippen LogP contribution in [0.4, 0.5) is 0 Å². The Hall–Kier alpha value is -2.47. The minimum atomic E-state index is -0.964. The van der Waals surface area contributed by atoms with Crippen LogP contribution in [0.1, 0.15) is 30.1 Å². The molecule has 0 bridgehead atoms. The Labute approximate surface area is 146 Å². The van der Waals surface area contributed by atoms with Crippen LogP contribution in [0.2, 0.25) is 0 Å². The molecule has 1 fully saturated rings. The van der Waals surface area contributed by atoms with E-state index in [-0.39, 0.29) is 42.6 Å². The van der Waals surface area contributed by atoms with Gasteiger partial charge >= 0.3 is 0 Å². The van der Waals surface area contributed by atoms with Gasteiger partial charge in [-0.1, -0.05) is 12.2 Å². The second-order valence-electron chi connectivity index (χ2n) is 6.49. The fraction of sp³-hybridized carbons (Fsp3) is 0.421. The fourth-order valence-electron chi connectivity index (χ4n) is 3.29. The molecule has 1 N–H and O–H groups in total. The van der Waals surface area contributed by atoms with Crippen LogP contribution in [0.15, 0.2) is 36.4 Å². The molecule has 2 amide bonds. The number of hydrogen-bond donors (Lipinski definition) is 1. The van der Waals surface area contributed by atoms with Crippen molar-refractivity contribution in [1.82, 2.24) is 4.90 Å². The summed E-state index contributed by atoms with van der Waals surface area (Å²) in [6.07, 6.45) is 4.07. The average molecular weight is 343 g/mol. The first-order valence-corrected chi connectivity index (χ1v) is 8.39. The van der Waals surface area contributed by atoms with Crippen LogP contribution in [0, 0.1) is 11.8 Å². The summed E-state index contributed by atoms with van der Waals surface area (Å²) in [4.78, 5) is 37.1. The van der Waals surface area contributed by atoms with Crippen molar-refractivity contribution in [3.8, 4) is 5.75 Å². The number of ketones is 1. The third kappa shape index (κ3) is 3.64. The molecule has 0 spiro atoms. The van der Waals surface area contributed by atoms with Gasteiger partial charge in [-0.3, -0.25) is 19.3 Å². The number of carbonyl (C=O) groups is 3. The van der Waals surface area contributed by atoms with E-state index in [1.807, 2.05) is 12.2 Å². The number of imide groups is 1. The highest BCUT2D eigenvalue weighted by Crippen LogP contribution is 2.35. The zero-order valence-electron chi connectivity index (χ0n) is 14.1. The Kier molecular flexibility index (Phi) is 4.99. The van der Waals surface area contributed by atoms with Crippen LogP contribution < -0.4 is 4.74 Å². The molecule has 1 saturated heterocycles. The Balaban J connectivity index is 1.54. The first-order valence-electron chi connectivity index (χ1n) is 8.39. The number of β-amino-alcohol motifs (C(OH)–C–C–N with tert-alkyl or cyclic N) is 1. The van der Waals surface area contributed by atoms with Gasteiger partial charge in [0.25, 0.3) is 0 Å². The number of ether oxygens (including phenoxy) is 1. The highest BCUT2D eigenvalue weighted by molar-refractivity contribution is 6.05. The largest absolute Gasteiger partial charge is 0.491 e. The number of rotatable bonds is 6. The molecule has 3 rings (SSSR count). The minimum absolute atomic E-state index is 0.0337. The van der Waals surface area contributed by atoms with Crippen LogP contribution in [-0.4, -0.2) is 46.9 Å². The maximum absolute atomic E-state index is 12.3. The van der Waals surface area contributed by atoms with Crippen molar-refractivity contribution in [2.45, 2.75) is 25.9 Å². The van der Waals surface area contributed by atoms with Crippen LogP contribution in [0.5, 0.6) is 5.75 Å². The third-order valence-corrected chi connectivity index (χ3v) is 4.70. The van der Waals surface area contributed by atoms with Gasteiger partial charge in [-0.25, -0.2) is 0 Å². The van der Waals surface area contributed by atoms with Gasteiger partial charge in [0.1, 0.15) is 18.5 Å². The van der Waals surface area contributed by atoms with Gasteiger partial charge in [0.15, 0.2) is 5.78 Å². The highest BCUT2D eigenvalue weighted by Gasteiger charge is 2.47. The zero-order valence-corrected chi connectivity index (χ0v) is 14.1. The number of hydrogen-bond acceptors (Lipinski definition) is 5. The molecular formula is C19H21NO5. The van der Waals surface area contributed by atoms with E-state index in [1.54, 1.807) is 24.3 Å². The molecular weight excluding hydrogens is 322 g/mol. The van der Waals surface area contributed by atoms with Crippen LogP contribution in [0.3, 0.4) is 0 Å². The molecule has 132 valence electrons. The van der Waals surface area contributed by atoms with Gasteiger partial charge in [0, 0.05) is 5.56 Å². The van der Waals surface area contributed by atoms with E-state index in [1.165, 1.54) is 6.92 Å². The molecule has 1 aromatic carbocycles. The summed E-state index contributed by atoms with van der Waals surface area (Å²) in [6.45, 7) is 1.39. The van der Waals surface area contributed by atoms with Crippen LogP contribution in [0.25, 0.3) is 0 Å². The number of nitrogens with zero attached hydrogens (tertiary/aromatic N) is 1. The number of fused-ring (bicyclic) bond motifs is 1. The van der Waals surface area contributed by atoms with E-state index >= 15 is 0 Å². The molecule has 2 aliphatic rings. The number of allylic oxidation sites excluding steroid dienone is 2. The molecule has 1 aliphatic heterocycles. The normalized spacial score (nSPS) is 23.5. The predicted octanol–water partition coefficient (Wildman–Crippen LogP) is 1.58. The smallest absolute Gasteiger partial charge is 0.233 e. The monoisotopic (exact) mass is 343 g/mol. The van der Waals surface area contributed by atoms with Gasteiger partial charge in [0.2, 0.25) is 11.8 Å². The Morgan fingerprint density at radius 1 is 1.16 bits per heavy atom. The molecule has 0 aromatic heterocycles. The van der Waals surface area contributed by atoms with E-state index in [9.17, 15) is 19.5 Å². The van der Waals surface area contributed by atoms with E-state index in [0.717, 1.165) is 4.90 Å². The molecule has 0 saturated carbocycles. The average Bonchev–Trinajstić information content (AvgIpc) is 2.86. The standard InChI is InChI=1S/C19H21NO5/c1-12(21)13-6-8-15(9-7-13)25-11-14(22)10-20-18(23)16-4-2-3-5-17(16)19(20)24/h2-3,6-9,14,16-17,22H,4-5,10-11H2,1H3/t14-,16+,17+/m1/s1. The lowest BCUT2D eigenvalue weighted by Gasteiger charge is -2.19. The second kappa shape index (κ2) is 7.19. The number of benzene rings is 1. The topological polar surface area (TPSA) is 83.9 Å². The number of Topliss-reactive ketones (excluding diaryl/α,β-unsaturated/α-hetero) is 1. The lowest BCUT2D eigenvalue weighted by Crippen LogP contribution is -2.40. The molecule has 6 nitrogen and oxygen atoms in total. The number of aliphatic hydroxyl groups excluding tert-OH is 1. The van der Waals surface area contributed by atoms with E-state index in [4.69, 9.17) is 4.74 Å². The zero-order chi connectivity index (χ0) is 18.0. The van der Waals surface area contributed by atoms with Gasteiger partial charge in [0.05, 0.1) is 18.4 Å². The first-order chi connectivity index (χ1) is 12.0. The minimum Gasteiger partial charge on any atom is -0.491 e. The lowest BCUT2D eigenvalue weighted by molar-refractivity contribution is -0.141. The Morgan fingerprint density at radius 3 is 2.24 bits per heavy atom. The maximum Gasteiger partial charge on any atom is 0.233 e. The van der Waals surface area contributed by atoms with Gasteiger partial charge in [-0.15, -0.1) is 0 Å². The van der Waals surface area contributed by atoms with Crippen molar-refractivity contribution in [2.75, 3.05) is 13.2 Å². The highest BCUT2D eigenvalue weighted by atomic mass is 16.5. The van der Waals surface area contributed by atoms with Crippen molar-refractivity contribution in [3.05, 3.63) is 42.0 Å². The Morgan fingerprint density at radius 2 is 1.72 bits per heavy atom. The fourth-order valence-corrected chi connectivity index (χ4v) is 3.29. The van der Waals surface area contributed by atoms with E-state index < -0.39 is 6.10 Å².